The number of nitrogens with zero attached hydrogens (tertiary/aromatic N) is 2. The molecule has 0 bridgehead atoms. The lowest BCUT2D eigenvalue weighted by molar-refractivity contribution is 0.334. The Labute approximate surface area is 90.3 Å². The van der Waals surface area contributed by atoms with Crippen LogP contribution in [0, 0.1) is 5.92 Å². The average Bonchev–Trinajstić information content (AvgIpc) is 2.28. The molecule has 3 N–H and O–H groups in total. The maximum absolute atomic E-state index is 5.94. The predicted molar refractivity (Wildman–Crippen MR) is 60.5 cm³/mol. The Morgan fingerprint density at radius 1 is 1.33 bits per heavy atom. The molecule has 15 heavy (non-hydrogen) atoms. The first-order chi connectivity index (χ1) is 7.34. The van der Waals surface area contributed by atoms with E-state index in [4.69, 9.17) is 5.73 Å². The molecule has 1 fully saturated rings. The van der Waals surface area contributed by atoms with Crippen LogP contribution in [0.15, 0.2) is 18.5 Å². The number of aromatic nitrogens is 2. The van der Waals surface area contributed by atoms with Gasteiger partial charge in [-0.3, -0.25) is 0 Å². The SMILES string of the molecule is NC1CCCC(CNc2ncccn2)C1. The van der Waals surface area contributed by atoms with Gasteiger partial charge in [0.25, 0.3) is 0 Å². The summed E-state index contributed by atoms with van der Waals surface area (Å²) in [7, 11) is 0. The van der Waals surface area contributed by atoms with E-state index in [9.17, 15) is 0 Å². The second kappa shape index (κ2) is 5.07. The Morgan fingerprint density at radius 3 is 2.87 bits per heavy atom. The molecule has 1 aromatic rings. The molecule has 1 saturated carbocycles. The highest BCUT2D eigenvalue weighted by atomic mass is 15.1. The fourth-order valence-electron chi connectivity index (χ4n) is 2.14. The highest BCUT2D eigenvalue weighted by Gasteiger charge is 2.18. The zero-order valence-corrected chi connectivity index (χ0v) is 8.89. The molecule has 1 aliphatic carbocycles. The molecule has 0 spiro atoms. The lowest BCUT2D eigenvalue weighted by Crippen LogP contribution is -2.31. The van der Waals surface area contributed by atoms with E-state index in [-0.39, 0.29) is 0 Å². The zero-order valence-electron chi connectivity index (χ0n) is 8.89. The second-order valence-electron chi connectivity index (χ2n) is 4.25. The van der Waals surface area contributed by atoms with E-state index in [1.807, 2.05) is 6.07 Å². The molecule has 1 heterocycles. The van der Waals surface area contributed by atoms with E-state index >= 15 is 0 Å². The Hall–Kier alpha value is -1.16. The van der Waals surface area contributed by atoms with Crippen molar-refractivity contribution < 1.29 is 0 Å². The number of hydrogen-bond acceptors (Lipinski definition) is 4. The van der Waals surface area contributed by atoms with Gasteiger partial charge in [0.1, 0.15) is 0 Å². The maximum Gasteiger partial charge on any atom is 0.222 e. The first-order valence-corrected chi connectivity index (χ1v) is 5.61. The molecule has 0 saturated heterocycles. The molecule has 1 aromatic heterocycles. The lowest BCUT2D eigenvalue weighted by atomic mass is 9.86. The van der Waals surface area contributed by atoms with Crippen LogP contribution in [0.2, 0.25) is 0 Å². The highest BCUT2D eigenvalue weighted by Crippen LogP contribution is 2.22. The minimum Gasteiger partial charge on any atom is -0.354 e. The Kier molecular flexibility index (Phi) is 3.50. The summed E-state index contributed by atoms with van der Waals surface area (Å²) in [6, 6.07) is 2.21. The monoisotopic (exact) mass is 206 g/mol. The van der Waals surface area contributed by atoms with Crippen molar-refractivity contribution in [2.24, 2.45) is 11.7 Å². The van der Waals surface area contributed by atoms with Crippen LogP contribution in [-0.4, -0.2) is 22.6 Å². The van der Waals surface area contributed by atoms with Crippen molar-refractivity contribution in [2.45, 2.75) is 31.7 Å². The molecule has 2 atom stereocenters. The number of anilines is 1. The topological polar surface area (TPSA) is 63.8 Å². The van der Waals surface area contributed by atoms with Crippen molar-refractivity contribution >= 4 is 5.95 Å². The van der Waals surface area contributed by atoms with Gasteiger partial charge < -0.3 is 11.1 Å². The van der Waals surface area contributed by atoms with Crippen LogP contribution in [-0.2, 0) is 0 Å². The van der Waals surface area contributed by atoms with Gasteiger partial charge in [0.05, 0.1) is 0 Å². The summed E-state index contributed by atoms with van der Waals surface area (Å²) in [6.07, 6.45) is 8.33. The van der Waals surface area contributed by atoms with E-state index in [0.717, 1.165) is 18.9 Å². The third kappa shape index (κ3) is 3.16. The maximum atomic E-state index is 5.94. The van der Waals surface area contributed by atoms with Crippen molar-refractivity contribution in [3.05, 3.63) is 18.5 Å². The number of rotatable bonds is 3. The van der Waals surface area contributed by atoms with Crippen molar-refractivity contribution in [3.63, 3.8) is 0 Å². The molecule has 82 valence electrons. The van der Waals surface area contributed by atoms with Crippen LogP contribution in [0.1, 0.15) is 25.7 Å². The Balaban J connectivity index is 1.78. The Bertz CT molecular complexity index is 288. The quantitative estimate of drug-likeness (QED) is 0.784. The summed E-state index contributed by atoms with van der Waals surface area (Å²) in [5.74, 6) is 1.40. The van der Waals surface area contributed by atoms with Gasteiger partial charge in [-0.1, -0.05) is 6.42 Å². The minimum atomic E-state index is 0.391. The molecule has 0 aromatic carbocycles. The normalized spacial score (nSPS) is 26.2. The van der Waals surface area contributed by atoms with Crippen molar-refractivity contribution in [2.75, 3.05) is 11.9 Å². The van der Waals surface area contributed by atoms with Crippen molar-refractivity contribution in [3.8, 4) is 0 Å². The smallest absolute Gasteiger partial charge is 0.222 e. The van der Waals surface area contributed by atoms with Gasteiger partial charge >= 0.3 is 0 Å². The first kappa shape index (κ1) is 10.4. The lowest BCUT2D eigenvalue weighted by Gasteiger charge is -2.26. The zero-order chi connectivity index (χ0) is 10.5. The molecule has 0 radical (unpaired) electrons. The largest absolute Gasteiger partial charge is 0.354 e. The van der Waals surface area contributed by atoms with Gasteiger partial charge in [0, 0.05) is 25.0 Å². The minimum absolute atomic E-state index is 0.391. The summed E-state index contributed by atoms with van der Waals surface area (Å²) >= 11 is 0. The van der Waals surface area contributed by atoms with Crippen LogP contribution in [0.4, 0.5) is 5.95 Å². The van der Waals surface area contributed by atoms with Crippen molar-refractivity contribution in [1.82, 2.24) is 9.97 Å². The summed E-state index contributed by atoms with van der Waals surface area (Å²) in [4.78, 5) is 8.26. The Morgan fingerprint density at radius 2 is 2.13 bits per heavy atom. The fourth-order valence-corrected chi connectivity index (χ4v) is 2.14. The van der Waals surface area contributed by atoms with Crippen LogP contribution < -0.4 is 11.1 Å². The number of nitrogens with two attached hydrogens (primary N) is 1. The molecule has 2 rings (SSSR count). The molecule has 0 aliphatic heterocycles. The van der Waals surface area contributed by atoms with Crippen LogP contribution in [0.5, 0.6) is 0 Å². The molecular weight excluding hydrogens is 188 g/mol. The van der Waals surface area contributed by atoms with Gasteiger partial charge in [-0.2, -0.15) is 0 Å². The average molecular weight is 206 g/mol. The summed E-state index contributed by atoms with van der Waals surface area (Å²) in [6.45, 7) is 0.942. The van der Waals surface area contributed by atoms with Crippen LogP contribution in [0.3, 0.4) is 0 Å². The second-order valence-corrected chi connectivity index (χ2v) is 4.25. The van der Waals surface area contributed by atoms with E-state index in [1.54, 1.807) is 12.4 Å². The molecule has 0 amide bonds. The van der Waals surface area contributed by atoms with Gasteiger partial charge in [-0.25, -0.2) is 9.97 Å². The third-order valence-corrected chi connectivity index (χ3v) is 2.94. The number of nitrogens with one attached hydrogen (secondary N) is 1. The standard InChI is InChI=1S/C11H18N4/c12-10-4-1-3-9(7-10)8-15-11-13-5-2-6-14-11/h2,5-6,9-10H,1,3-4,7-8,12H2,(H,13,14,15). The van der Waals surface area contributed by atoms with Gasteiger partial charge in [0.15, 0.2) is 0 Å². The summed E-state index contributed by atoms with van der Waals surface area (Å²) < 4.78 is 0. The third-order valence-electron chi connectivity index (χ3n) is 2.94. The molecule has 4 nitrogen and oxygen atoms in total. The van der Waals surface area contributed by atoms with Gasteiger partial charge in [-0.05, 0) is 31.2 Å². The molecule has 1 aliphatic rings. The molecule has 2 unspecified atom stereocenters. The molecule has 4 heteroatoms. The predicted octanol–water partition coefficient (Wildman–Crippen LogP) is 1.41. The van der Waals surface area contributed by atoms with Crippen molar-refractivity contribution in [1.29, 1.82) is 0 Å². The van der Waals surface area contributed by atoms with Crippen LogP contribution >= 0.6 is 0 Å². The van der Waals surface area contributed by atoms with E-state index in [2.05, 4.69) is 15.3 Å². The summed E-state index contributed by atoms with van der Waals surface area (Å²) in [5, 5.41) is 3.26. The fraction of sp³-hybridized carbons (Fsp3) is 0.636. The number of hydrogen-bond donors (Lipinski definition) is 2. The van der Waals surface area contributed by atoms with Crippen LogP contribution in [0.25, 0.3) is 0 Å². The first-order valence-electron chi connectivity index (χ1n) is 5.61. The molecular formula is C11H18N4. The van der Waals surface area contributed by atoms with E-state index in [1.165, 1.54) is 19.3 Å². The van der Waals surface area contributed by atoms with Gasteiger partial charge in [0.2, 0.25) is 5.95 Å². The van der Waals surface area contributed by atoms with E-state index in [0.29, 0.717) is 12.0 Å². The summed E-state index contributed by atoms with van der Waals surface area (Å²) in [5.41, 5.74) is 5.94. The highest BCUT2D eigenvalue weighted by molar-refractivity contribution is 5.21. The van der Waals surface area contributed by atoms with E-state index < -0.39 is 0 Å². The van der Waals surface area contributed by atoms with Gasteiger partial charge in [-0.15, -0.1) is 0 Å².